The molecular weight excluding hydrogens is 196 g/mol. The van der Waals surface area contributed by atoms with E-state index in [0.717, 1.165) is 0 Å². The Labute approximate surface area is 90.2 Å². The molecule has 0 aromatic heterocycles. The molecule has 2 unspecified atom stereocenters. The lowest BCUT2D eigenvalue weighted by atomic mass is 9.80. The Bertz CT molecular complexity index is 259. The second-order valence-electron chi connectivity index (χ2n) is 3.37. The minimum Gasteiger partial charge on any atom is -0.465 e. The Kier molecular flexibility index (Phi) is 5.22. The fourth-order valence-electron chi connectivity index (χ4n) is 1.31. The molecule has 0 radical (unpaired) electrons. The lowest BCUT2D eigenvalue weighted by molar-refractivity contribution is -0.165. The summed E-state index contributed by atoms with van der Waals surface area (Å²) in [7, 11) is 1.42. The van der Waals surface area contributed by atoms with Crippen molar-refractivity contribution in [2.24, 2.45) is 5.41 Å². The van der Waals surface area contributed by atoms with Crippen LogP contribution < -0.4 is 0 Å². The molecule has 0 rings (SSSR count). The van der Waals surface area contributed by atoms with Gasteiger partial charge in [-0.1, -0.05) is 6.08 Å². The molecule has 0 aliphatic heterocycles. The van der Waals surface area contributed by atoms with Gasteiger partial charge in [-0.3, -0.25) is 9.59 Å². The number of rotatable bonds is 6. The van der Waals surface area contributed by atoms with Crippen molar-refractivity contribution in [2.45, 2.75) is 26.9 Å². The van der Waals surface area contributed by atoms with E-state index in [1.54, 1.807) is 6.92 Å². The van der Waals surface area contributed by atoms with E-state index < -0.39 is 17.5 Å². The molecule has 0 saturated carbocycles. The zero-order valence-electron chi connectivity index (χ0n) is 9.70. The number of esters is 1. The van der Waals surface area contributed by atoms with Crippen LogP contribution in [0.4, 0.5) is 0 Å². The molecule has 0 aromatic carbocycles. The van der Waals surface area contributed by atoms with E-state index in [2.05, 4.69) is 6.58 Å². The summed E-state index contributed by atoms with van der Waals surface area (Å²) in [6.07, 6.45) is 0.757. The number of ether oxygens (including phenoxy) is 2. The van der Waals surface area contributed by atoms with Gasteiger partial charge in [-0.2, -0.15) is 0 Å². The van der Waals surface area contributed by atoms with Crippen LogP contribution in [0.2, 0.25) is 0 Å². The van der Waals surface area contributed by atoms with E-state index in [1.165, 1.54) is 27.0 Å². The second kappa shape index (κ2) is 5.66. The van der Waals surface area contributed by atoms with Gasteiger partial charge in [0, 0.05) is 7.11 Å². The van der Waals surface area contributed by atoms with Crippen LogP contribution in [-0.2, 0) is 19.1 Å². The molecule has 0 aromatic rings. The zero-order valence-corrected chi connectivity index (χ0v) is 9.70. The van der Waals surface area contributed by atoms with Crippen LogP contribution in [0.1, 0.15) is 20.8 Å². The number of Topliss-reactive ketones (excluding diaryl/α,β-unsaturated/α-hetero) is 1. The van der Waals surface area contributed by atoms with E-state index >= 15 is 0 Å². The molecule has 0 aliphatic rings. The van der Waals surface area contributed by atoms with Crippen molar-refractivity contribution in [3.05, 3.63) is 12.7 Å². The summed E-state index contributed by atoms with van der Waals surface area (Å²) in [6, 6.07) is 0. The summed E-state index contributed by atoms with van der Waals surface area (Å²) >= 11 is 0. The monoisotopic (exact) mass is 214 g/mol. The van der Waals surface area contributed by atoms with Crippen LogP contribution in [-0.4, -0.2) is 31.6 Å². The molecule has 0 N–H and O–H groups in total. The van der Waals surface area contributed by atoms with Gasteiger partial charge in [-0.05, 0) is 20.8 Å². The molecule has 4 heteroatoms. The lowest BCUT2D eigenvalue weighted by Crippen LogP contribution is -2.46. The lowest BCUT2D eigenvalue weighted by Gasteiger charge is -2.29. The van der Waals surface area contributed by atoms with E-state index in [1.807, 2.05) is 0 Å². The minimum atomic E-state index is -1.31. The summed E-state index contributed by atoms with van der Waals surface area (Å²) in [6.45, 7) is 8.30. The van der Waals surface area contributed by atoms with Crippen molar-refractivity contribution in [3.63, 3.8) is 0 Å². The third-order valence-corrected chi connectivity index (χ3v) is 2.47. The highest BCUT2D eigenvalue weighted by atomic mass is 16.5. The maximum atomic E-state index is 11.7. The molecular formula is C11H18O4. The Balaban J connectivity index is 5.12. The molecule has 0 bridgehead atoms. The highest BCUT2D eigenvalue weighted by Crippen LogP contribution is 2.27. The number of ketones is 1. The summed E-state index contributed by atoms with van der Waals surface area (Å²) in [4.78, 5) is 23.2. The fraction of sp³-hybridized carbons (Fsp3) is 0.636. The first kappa shape index (κ1) is 13.8. The normalized spacial score (nSPS) is 16.3. The van der Waals surface area contributed by atoms with Gasteiger partial charge in [-0.15, -0.1) is 6.58 Å². The predicted molar refractivity (Wildman–Crippen MR) is 56.4 cm³/mol. The summed E-state index contributed by atoms with van der Waals surface area (Å²) in [5.74, 6) is -0.878. The highest BCUT2D eigenvalue weighted by Gasteiger charge is 2.46. The number of methoxy groups -OCH3 is 1. The Morgan fingerprint density at radius 3 is 2.33 bits per heavy atom. The molecule has 2 atom stereocenters. The molecule has 0 aliphatic carbocycles. The van der Waals surface area contributed by atoms with Crippen molar-refractivity contribution < 1.29 is 19.1 Å². The molecule has 0 heterocycles. The van der Waals surface area contributed by atoms with Crippen LogP contribution in [0.5, 0.6) is 0 Å². The first-order valence-electron chi connectivity index (χ1n) is 4.78. The molecule has 0 amide bonds. The maximum Gasteiger partial charge on any atom is 0.322 e. The number of hydrogen-bond donors (Lipinski definition) is 0. The average Bonchev–Trinajstić information content (AvgIpc) is 2.19. The van der Waals surface area contributed by atoms with Gasteiger partial charge >= 0.3 is 5.97 Å². The fourth-order valence-corrected chi connectivity index (χ4v) is 1.31. The Morgan fingerprint density at radius 2 is 2.07 bits per heavy atom. The van der Waals surface area contributed by atoms with Gasteiger partial charge in [0.2, 0.25) is 0 Å². The smallest absolute Gasteiger partial charge is 0.322 e. The average molecular weight is 214 g/mol. The van der Waals surface area contributed by atoms with E-state index in [4.69, 9.17) is 9.47 Å². The van der Waals surface area contributed by atoms with Crippen LogP contribution in [0, 0.1) is 5.41 Å². The molecule has 86 valence electrons. The first-order chi connectivity index (χ1) is 6.94. The second-order valence-corrected chi connectivity index (χ2v) is 3.37. The molecule has 4 nitrogen and oxygen atoms in total. The quantitative estimate of drug-likeness (QED) is 0.380. The topological polar surface area (TPSA) is 52.6 Å². The van der Waals surface area contributed by atoms with Crippen molar-refractivity contribution in [1.29, 1.82) is 0 Å². The van der Waals surface area contributed by atoms with Gasteiger partial charge in [0.15, 0.2) is 5.41 Å². The third kappa shape index (κ3) is 2.65. The van der Waals surface area contributed by atoms with Crippen molar-refractivity contribution in [2.75, 3.05) is 13.7 Å². The zero-order chi connectivity index (χ0) is 12.1. The number of carbonyl (C=O) groups excluding carboxylic acids is 2. The van der Waals surface area contributed by atoms with Crippen LogP contribution in [0.3, 0.4) is 0 Å². The van der Waals surface area contributed by atoms with Gasteiger partial charge in [0.25, 0.3) is 0 Å². The first-order valence-corrected chi connectivity index (χ1v) is 4.78. The molecule has 0 saturated heterocycles. The maximum absolute atomic E-state index is 11.7. The van der Waals surface area contributed by atoms with Gasteiger partial charge in [0.1, 0.15) is 5.78 Å². The molecule has 0 spiro atoms. The summed E-state index contributed by atoms with van der Waals surface area (Å²) in [5.41, 5.74) is -1.31. The van der Waals surface area contributed by atoms with Crippen LogP contribution in [0.25, 0.3) is 0 Å². The summed E-state index contributed by atoms with van der Waals surface area (Å²) < 4.78 is 9.92. The minimum absolute atomic E-state index is 0.231. The Hall–Kier alpha value is -1.16. The van der Waals surface area contributed by atoms with Gasteiger partial charge < -0.3 is 9.47 Å². The third-order valence-electron chi connectivity index (χ3n) is 2.47. The largest absolute Gasteiger partial charge is 0.465 e. The number of hydrogen-bond acceptors (Lipinski definition) is 4. The highest BCUT2D eigenvalue weighted by molar-refractivity contribution is 6.03. The SMILES string of the molecule is C=CC(OC)C(C)(C(C)=O)C(=O)OCC. The molecule has 0 fully saturated rings. The Morgan fingerprint density at radius 1 is 1.53 bits per heavy atom. The van der Waals surface area contributed by atoms with Crippen LogP contribution in [0.15, 0.2) is 12.7 Å². The standard InChI is InChI=1S/C11H18O4/c1-6-9(14-5)11(4,8(3)12)10(13)15-7-2/h6,9H,1,7H2,2-5H3. The van der Waals surface area contributed by atoms with Crippen molar-refractivity contribution in [3.8, 4) is 0 Å². The van der Waals surface area contributed by atoms with E-state index in [0.29, 0.717) is 0 Å². The van der Waals surface area contributed by atoms with E-state index in [-0.39, 0.29) is 12.4 Å². The van der Waals surface area contributed by atoms with E-state index in [9.17, 15) is 9.59 Å². The molecule has 15 heavy (non-hydrogen) atoms. The van der Waals surface area contributed by atoms with Gasteiger partial charge in [0.05, 0.1) is 12.7 Å². The number of carbonyl (C=O) groups is 2. The predicted octanol–water partition coefficient (Wildman–Crippen LogP) is 1.35. The van der Waals surface area contributed by atoms with Crippen molar-refractivity contribution in [1.82, 2.24) is 0 Å². The van der Waals surface area contributed by atoms with Gasteiger partial charge in [-0.25, -0.2) is 0 Å². The summed E-state index contributed by atoms with van der Waals surface area (Å²) in [5, 5.41) is 0. The van der Waals surface area contributed by atoms with Crippen LogP contribution >= 0.6 is 0 Å². The van der Waals surface area contributed by atoms with Crippen molar-refractivity contribution >= 4 is 11.8 Å².